The Hall–Kier alpha value is -2.50. The van der Waals surface area contributed by atoms with E-state index in [1.54, 1.807) is 30.6 Å². The minimum absolute atomic E-state index is 0.130. The first kappa shape index (κ1) is 17.3. The molecule has 0 saturated carbocycles. The lowest BCUT2D eigenvalue weighted by Crippen LogP contribution is -2.31. The third kappa shape index (κ3) is 3.95. The van der Waals surface area contributed by atoms with Crippen molar-refractivity contribution in [3.05, 3.63) is 58.9 Å². The Labute approximate surface area is 145 Å². The third-order valence-electron chi connectivity index (χ3n) is 4.49. The molecule has 1 N–H and O–H groups in total. The number of pyridine rings is 1. The molecule has 4 nitrogen and oxygen atoms in total. The number of carbonyl (C=O) groups is 1. The van der Waals surface area contributed by atoms with Crippen LogP contribution in [0, 0.1) is 0 Å². The highest BCUT2D eigenvalue weighted by atomic mass is 19.3. The van der Waals surface area contributed by atoms with Crippen LogP contribution in [0.1, 0.15) is 52.9 Å². The summed E-state index contributed by atoms with van der Waals surface area (Å²) < 4.78 is 29.2. The number of hydrogen-bond donors (Lipinski definition) is 1. The molecule has 0 saturated heterocycles. The van der Waals surface area contributed by atoms with Crippen LogP contribution in [-0.2, 0) is 12.8 Å². The first-order valence-electron chi connectivity index (χ1n) is 8.40. The van der Waals surface area contributed by atoms with Crippen LogP contribution in [0.3, 0.4) is 0 Å². The predicted octanol–water partition coefficient (Wildman–Crippen LogP) is 4.05. The van der Waals surface area contributed by atoms with Crippen LogP contribution in [0.4, 0.5) is 8.78 Å². The van der Waals surface area contributed by atoms with Crippen molar-refractivity contribution in [3.8, 4) is 5.75 Å². The van der Waals surface area contributed by atoms with Crippen LogP contribution < -0.4 is 10.1 Å². The van der Waals surface area contributed by atoms with Crippen molar-refractivity contribution >= 4 is 5.91 Å². The molecule has 25 heavy (non-hydrogen) atoms. The van der Waals surface area contributed by atoms with E-state index in [0.717, 1.165) is 42.4 Å². The van der Waals surface area contributed by atoms with Crippen molar-refractivity contribution in [2.75, 3.05) is 0 Å². The molecule has 0 fully saturated rings. The molecule has 2 aromatic rings. The molecule has 0 aliphatic heterocycles. The minimum Gasteiger partial charge on any atom is -0.435 e. The zero-order chi connectivity index (χ0) is 17.8. The van der Waals surface area contributed by atoms with E-state index in [4.69, 9.17) is 0 Å². The third-order valence-corrected chi connectivity index (χ3v) is 4.49. The molecule has 1 atom stereocenters. The lowest BCUT2D eigenvalue weighted by molar-refractivity contribution is -0.0499. The molecule has 0 spiro atoms. The molecule has 1 aliphatic rings. The van der Waals surface area contributed by atoms with Gasteiger partial charge in [-0.1, -0.05) is 13.0 Å². The van der Waals surface area contributed by atoms with Gasteiger partial charge in [-0.2, -0.15) is 8.78 Å². The first-order chi connectivity index (χ1) is 12.1. The van der Waals surface area contributed by atoms with Gasteiger partial charge in [0.1, 0.15) is 5.75 Å². The lowest BCUT2D eigenvalue weighted by Gasteiger charge is -2.27. The number of halogens is 2. The summed E-state index contributed by atoms with van der Waals surface area (Å²) in [5, 5.41) is 3.07. The lowest BCUT2D eigenvalue weighted by atomic mass is 9.87. The topological polar surface area (TPSA) is 51.2 Å². The van der Waals surface area contributed by atoms with E-state index in [0.29, 0.717) is 5.56 Å². The van der Waals surface area contributed by atoms with Gasteiger partial charge in [0.25, 0.3) is 5.91 Å². The molecule has 1 aliphatic carbocycles. The highest BCUT2D eigenvalue weighted by molar-refractivity contribution is 5.95. The van der Waals surface area contributed by atoms with Crippen LogP contribution in [0.2, 0.25) is 0 Å². The zero-order valence-electron chi connectivity index (χ0n) is 14.0. The van der Waals surface area contributed by atoms with Crippen LogP contribution in [0.25, 0.3) is 0 Å². The summed E-state index contributed by atoms with van der Waals surface area (Å²) >= 11 is 0. The number of alkyl halides is 2. The largest absolute Gasteiger partial charge is 0.435 e. The number of ether oxygens (including phenoxy) is 1. The molecule has 1 aromatic carbocycles. The highest BCUT2D eigenvalue weighted by Gasteiger charge is 2.23. The molecular weight excluding hydrogens is 326 g/mol. The number of amides is 1. The molecule has 132 valence electrons. The van der Waals surface area contributed by atoms with Gasteiger partial charge in [0, 0.05) is 18.0 Å². The van der Waals surface area contributed by atoms with Crippen molar-refractivity contribution in [1.82, 2.24) is 10.3 Å². The summed E-state index contributed by atoms with van der Waals surface area (Å²) in [7, 11) is 0. The van der Waals surface area contributed by atoms with Crippen molar-refractivity contribution in [2.24, 2.45) is 0 Å². The maximum absolute atomic E-state index is 12.7. The average molecular weight is 346 g/mol. The van der Waals surface area contributed by atoms with Gasteiger partial charge in [-0.3, -0.25) is 9.78 Å². The second-order valence-corrected chi connectivity index (χ2v) is 6.04. The summed E-state index contributed by atoms with van der Waals surface area (Å²) in [5.74, 6) is 0.0214. The van der Waals surface area contributed by atoms with Gasteiger partial charge in [-0.15, -0.1) is 0 Å². The summed E-state index contributed by atoms with van der Waals surface area (Å²) in [6, 6.07) is 6.53. The van der Waals surface area contributed by atoms with E-state index in [1.807, 2.05) is 6.92 Å². The van der Waals surface area contributed by atoms with E-state index in [9.17, 15) is 13.6 Å². The van der Waals surface area contributed by atoms with Gasteiger partial charge in [-0.05, 0) is 60.6 Å². The molecule has 0 unspecified atom stereocenters. The fraction of sp³-hybridized carbons (Fsp3) is 0.368. The van der Waals surface area contributed by atoms with Crippen molar-refractivity contribution in [1.29, 1.82) is 0 Å². The maximum Gasteiger partial charge on any atom is 0.387 e. The molecule has 1 amide bonds. The Bertz CT molecular complexity index is 765. The van der Waals surface area contributed by atoms with E-state index in [1.165, 1.54) is 6.07 Å². The number of aromatic nitrogens is 1. The average Bonchev–Trinajstić information content (AvgIpc) is 2.61. The number of rotatable bonds is 5. The SMILES string of the molecule is CCc1cnccc1C(=O)N[C@@H]1CCCc2cc(OC(F)F)ccc21. The number of hydrogen-bond acceptors (Lipinski definition) is 3. The molecule has 6 heteroatoms. The van der Waals surface area contributed by atoms with E-state index in [2.05, 4.69) is 15.0 Å². The smallest absolute Gasteiger partial charge is 0.387 e. The quantitative estimate of drug-likeness (QED) is 0.888. The maximum atomic E-state index is 12.7. The fourth-order valence-corrected chi connectivity index (χ4v) is 3.28. The summed E-state index contributed by atoms with van der Waals surface area (Å²) in [6.07, 6.45) is 6.53. The number of nitrogens with zero attached hydrogens (tertiary/aromatic N) is 1. The number of nitrogens with one attached hydrogen (secondary N) is 1. The Kier molecular flexibility index (Phi) is 5.26. The first-order valence-corrected chi connectivity index (χ1v) is 8.40. The minimum atomic E-state index is -2.84. The van der Waals surface area contributed by atoms with Gasteiger partial charge < -0.3 is 10.1 Å². The highest BCUT2D eigenvalue weighted by Crippen LogP contribution is 2.33. The van der Waals surface area contributed by atoms with Crippen LogP contribution in [0.5, 0.6) is 5.75 Å². The monoisotopic (exact) mass is 346 g/mol. The van der Waals surface area contributed by atoms with Gasteiger partial charge >= 0.3 is 6.61 Å². The predicted molar refractivity (Wildman–Crippen MR) is 89.8 cm³/mol. The van der Waals surface area contributed by atoms with Crippen LogP contribution in [-0.4, -0.2) is 17.5 Å². The molecular formula is C19H20F2N2O2. The van der Waals surface area contributed by atoms with Gasteiger partial charge in [0.05, 0.1) is 6.04 Å². The molecule has 0 radical (unpaired) electrons. The number of benzene rings is 1. The summed E-state index contributed by atoms with van der Waals surface area (Å²) in [4.78, 5) is 16.7. The van der Waals surface area contributed by atoms with Gasteiger partial charge in [-0.25, -0.2) is 0 Å². The summed E-state index contributed by atoms with van der Waals surface area (Å²) in [5.41, 5.74) is 3.44. The molecule has 1 heterocycles. The van der Waals surface area contributed by atoms with E-state index in [-0.39, 0.29) is 17.7 Å². The Morgan fingerprint density at radius 2 is 2.24 bits per heavy atom. The van der Waals surface area contributed by atoms with E-state index < -0.39 is 6.61 Å². The number of carbonyl (C=O) groups excluding carboxylic acids is 1. The number of fused-ring (bicyclic) bond motifs is 1. The van der Waals surface area contributed by atoms with Crippen molar-refractivity contribution in [2.45, 2.75) is 45.3 Å². The number of aryl methyl sites for hydroxylation is 2. The molecule has 1 aromatic heterocycles. The molecule has 3 rings (SSSR count). The van der Waals surface area contributed by atoms with Gasteiger partial charge in [0.2, 0.25) is 0 Å². The fourth-order valence-electron chi connectivity index (χ4n) is 3.28. The normalized spacial score (nSPS) is 16.4. The zero-order valence-corrected chi connectivity index (χ0v) is 14.0. The van der Waals surface area contributed by atoms with Crippen molar-refractivity contribution in [3.63, 3.8) is 0 Å². The van der Waals surface area contributed by atoms with Crippen LogP contribution in [0.15, 0.2) is 36.7 Å². The Morgan fingerprint density at radius 3 is 3.00 bits per heavy atom. The van der Waals surface area contributed by atoms with Crippen molar-refractivity contribution < 1.29 is 18.3 Å². The second-order valence-electron chi connectivity index (χ2n) is 6.04. The standard InChI is InChI=1S/C19H20F2N2O2/c1-2-12-11-22-9-8-16(12)18(24)23-17-5-3-4-13-10-14(25-19(20)21)6-7-15(13)17/h6-11,17,19H,2-5H2,1H3,(H,23,24)/t17-/m1/s1. The second kappa shape index (κ2) is 7.59. The van der Waals surface area contributed by atoms with E-state index >= 15 is 0 Å². The molecule has 0 bridgehead atoms. The van der Waals surface area contributed by atoms with Crippen LogP contribution >= 0.6 is 0 Å². The Balaban J connectivity index is 1.80. The van der Waals surface area contributed by atoms with Gasteiger partial charge in [0.15, 0.2) is 0 Å². The summed E-state index contributed by atoms with van der Waals surface area (Å²) in [6.45, 7) is -0.856. The Morgan fingerprint density at radius 1 is 1.40 bits per heavy atom.